The summed E-state index contributed by atoms with van der Waals surface area (Å²) in [6.07, 6.45) is 6.17. The van der Waals surface area contributed by atoms with Gasteiger partial charge in [-0.1, -0.05) is 0 Å². The first-order valence-corrected chi connectivity index (χ1v) is 7.70. The fourth-order valence-electron chi connectivity index (χ4n) is 3.08. The van der Waals surface area contributed by atoms with E-state index in [1.807, 2.05) is 6.07 Å². The Morgan fingerprint density at radius 3 is 3.00 bits per heavy atom. The molecule has 1 aliphatic rings. The minimum atomic E-state index is 0.220. The monoisotopic (exact) mass is 272 g/mol. The molecule has 0 saturated carbocycles. The molecule has 1 aliphatic heterocycles. The smallest absolute Gasteiger partial charge is 0.120 e. The van der Waals surface area contributed by atoms with Crippen LogP contribution in [0.15, 0.2) is 24.4 Å². The molecule has 2 heterocycles. The largest absolute Gasteiger partial charge is 0.491 e. The number of hydrogen-bond acceptors (Lipinski definition) is 2. The normalized spacial score (nSPS) is 19.6. The van der Waals surface area contributed by atoms with Gasteiger partial charge in [0.2, 0.25) is 0 Å². The summed E-state index contributed by atoms with van der Waals surface area (Å²) in [6, 6.07) is 6.35. The zero-order valence-corrected chi connectivity index (χ0v) is 12.4. The van der Waals surface area contributed by atoms with Gasteiger partial charge in [-0.15, -0.1) is 0 Å². The van der Waals surface area contributed by atoms with Gasteiger partial charge in [-0.25, -0.2) is 0 Å². The molecule has 1 unspecified atom stereocenters. The summed E-state index contributed by atoms with van der Waals surface area (Å²) in [5.74, 6) is 1.73. The van der Waals surface area contributed by atoms with Gasteiger partial charge in [0.1, 0.15) is 5.75 Å². The minimum Gasteiger partial charge on any atom is -0.491 e. The van der Waals surface area contributed by atoms with Gasteiger partial charge in [0.05, 0.1) is 6.10 Å². The van der Waals surface area contributed by atoms with Crippen LogP contribution in [0, 0.1) is 5.92 Å². The highest BCUT2D eigenvalue weighted by atomic mass is 16.5. The first-order chi connectivity index (χ1) is 9.72. The molecule has 1 aromatic heterocycles. The third-order valence-electron chi connectivity index (χ3n) is 4.02. The van der Waals surface area contributed by atoms with Gasteiger partial charge in [0.15, 0.2) is 0 Å². The Labute approximate surface area is 120 Å². The summed E-state index contributed by atoms with van der Waals surface area (Å²) in [4.78, 5) is 3.38. The van der Waals surface area contributed by atoms with E-state index in [1.165, 1.54) is 35.9 Å². The summed E-state index contributed by atoms with van der Waals surface area (Å²) in [5.41, 5.74) is 2.63. The van der Waals surface area contributed by atoms with E-state index in [-0.39, 0.29) is 6.10 Å². The Morgan fingerprint density at radius 1 is 1.35 bits per heavy atom. The van der Waals surface area contributed by atoms with Crippen molar-refractivity contribution < 1.29 is 4.74 Å². The maximum atomic E-state index is 5.81. The molecule has 1 saturated heterocycles. The maximum Gasteiger partial charge on any atom is 0.120 e. The quantitative estimate of drug-likeness (QED) is 0.894. The van der Waals surface area contributed by atoms with Crippen molar-refractivity contribution in [2.75, 3.05) is 13.1 Å². The van der Waals surface area contributed by atoms with Gasteiger partial charge in [-0.3, -0.25) is 0 Å². The number of aromatic amines is 1. The number of benzene rings is 1. The van der Waals surface area contributed by atoms with Crippen LogP contribution in [-0.4, -0.2) is 24.2 Å². The molecule has 3 heteroatoms. The van der Waals surface area contributed by atoms with Crippen LogP contribution >= 0.6 is 0 Å². The lowest BCUT2D eigenvalue weighted by molar-refractivity contribution is 0.243. The molecule has 0 radical (unpaired) electrons. The number of fused-ring (bicyclic) bond motifs is 1. The van der Waals surface area contributed by atoms with Crippen LogP contribution in [0.25, 0.3) is 10.9 Å². The average Bonchev–Trinajstić information content (AvgIpc) is 2.82. The van der Waals surface area contributed by atoms with Crippen LogP contribution in [0.1, 0.15) is 32.3 Å². The molecule has 0 aliphatic carbocycles. The second kappa shape index (κ2) is 5.88. The molecular formula is C17H24N2O. The fourth-order valence-corrected chi connectivity index (χ4v) is 3.08. The van der Waals surface area contributed by atoms with Gasteiger partial charge in [-0.2, -0.15) is 0 Å². The van der Waals surface area contributed by atoms with E-state index < -0.39 is 0 Å². The van der Waals surface area contributed by atoms with Gasteiger partial charge >= 0.3 is 0 Å². The molecule has 0 amide bonds. The highest BCUT2D eigenvalue weighted by Crippen LogP contribution is 2.27. The molecule has 1 aromatic carbocycles. The van der Waals surface area contributed by atoms with E-state index >= 15 is 0 Å². The lowest BCUT2D eigenvalue weighted by atomic mass is 9.92. The third kappa shape index (κ3) is 2.98. The Bertz CT molecular complexity index is 567. The Hall–Kier alpha value is -1.48. The highest BCUT2D eigenvalue weighted by Gasteiger charge is 2.15. The number of H-pyrrole nitrogens is 1. The van der Waals surface area contributed by atoms with Crippen molar-refractivity contribution in [3.63, 3.8) is 0 Å². The minimum absolute atomic E-state index is 0.220. The molecule has 0 bridgehead atoms. The van der Waals surface area contributed by atoms with Crippen molar-refractivity contribution in [3.8, 4) is 5.75 Å². The van der Waals surface area contributed by atoms with Crippen molar-refractivity contribution in [1.82, 2.24) is 10.3 Å². The second-order valence-corrected chi connectivity index (χ2v) is 6.10. The topological polar surface area (TPSA) is 37.0 Å². The number of rotatable bonds is 4. The van der Waals surface area contributed by atoms with Gasteiger partial charge in [0.25, 0.3) is 0 Å². The van der Waals surface area contributed by atoms with Crippen molar-refractivity contribution in [3.05, 3.63) is 30.0 Å². The number of piperidine rings is 1. The van der Waals surface area contributed by atoms with Gasteiger partial charge in [0, 0.05) is 17.1 Å². The summed E-state index contributed by atoms with van der Waals surface area (Å²) in [6.45, 7) is 6.46. The summed E-state index contributed by atoms with van der Waals surface area (Å²) in [5, 5.41) is 4.81. The molecular weight excluding hydrogens is 248 g/mol. The van der Waals surface area contributed by atoms with Crippen LogP contribution in [0.3, 0.4) is 0 Å². The SMILES string of the molecule is CC(C)Oc1ccc2[nH]cc(CC3CCCNC3)c2c1. The van der Waals surface area contributed by atoms with Gasteiger partial charge in [-0.05, 0) is 75.9 Å². The van der Waals surface area contributed by atoms with E-state index in [4.69, 9.17) is 4.74 Å². The average molecular weight is 272 g/mol. The lowest BCUT2D eigenvalue weighted by Gasteiger charge is -2.22. The molecule has 3 nitrogen and oxygen atoms in total. The third-order valence-corrected chi connectivity index (χ3v) is 4.02. The molecule has 1 fully saturated rings. The highest BCUT2D eigenvalue weighted by molar-refractivity contribution is 5.84. The lowest BCUT2D eigenvalue weighted by Crippen LogP contribution is -2.30. The summed E-state index contributed by atoms with van der Waals surface area (Å²) < 4.78 is 5.81. The van der Waals surface area contributed by atoms with E-state index in [1.54, 1.807) is 0 Å². The molecule has 2 N–H and O–H groups in total. The first-order valence-electron chi connectivity index (χ1n) is 7.70. The van der Waals surface area contributed by atoms with Crippen molar-refractivity contribution in [1.29, 1.82) is 0 Å². The van der Waals surface area contributed by atoms with E-state index in [2.05, 4.69) is 42.5 Å². The van der Waals surface area contributed by atoms with Crippen LogP contribution < -0.4 is 10.1 Å². The predicted octanol–water partition coefficient (Wildman–Crippen LogP) is 3.50. The summed E-state index contributed by atoms with van der Waals surface area (Å²) in [7, 11) is 0. The van der Waals surface area contributed by atoms with E-state index in [0.29, 0.717) is 0 Å². The van der Waals surface area contributed by atoms with E-state index in [0.717, 1.165) is 24.6 Å². The Kier molecular flexibility index (Phi) is 3.97. The zero-order valence-electron chi connectivity index (χ0n) is 12.4. The van der Waals surface area contributed by atoms with Crippen LogP contribution in [0.5, 0.6) is 5.75 Å². The van der Waals surface area contributed by atoms with Crippen LogP contribution in [-0.2, 0) is 6.42 Å². The number of nitrogens with one attached hydrogen (secondary N) is 2. The van der Waals surface area contributed by atoms with Crippen LogP contribution in [0.2, 0.25) is 0 Å². The maximum absolute atomic E-state index is 5.81. The molecule has 0 spiro atoms. The Morgan fingerprint density at radius 2 is 2.25 bits per heavy atom. The molecule has 1 atom stereocenters. The molecule has 20 heavy (non-hydrogen) atoms. The zero-order chi connectivity index (χ0) is 13.9. The summed E-state index contributed by atoms with van der Waals surface area (Å²) >= 11 is 0. The van der Waals surface area contributed by atoms with Crippen molar-refractivity contribution in [2.45, 2.75) is 39.2 Å². The fraction of sp³-hybridized carbons (Fsp3) is 0.529. The molecule has 3 rings (SSSR count). The molecule has 108 valence electrons. The second-order valence-electron chi connectivity index (χ2n) is 6.10. The van der Waals surface area contributed by atoms with Gasteiger partial charge < -0.3 is 15.0 Å². The van der Waals surface area contributed by atoms with E-state index in [9.17, 15) is 0 Å². The van der Waals surface area contributed by atoms with Crippen molar-refractivity contribution >= 4 is 10.9 Å². The van der Waals surface area contributed by atoms with Crippen LogP contribution in [0.4, 0.5) is 0 Å². The molecule has 2 aromatic rings. The standard InChI is InChI=1S/C17H24N2O/c1-12(2)20-15-5-6-17-16(9-15)14(11-19-17)8-13-4-3-7-18-10-13/h5-6,9,11-13,18-19H,3-4,7-8,10H2,1-2H3. The number of aromatic nitrogens is 1. The Balaban J connectivity index is 1.82. The first kappa shape index (κ1) is 13.5. The predicted molar refractivity (Wildman–Crippen MR) is 83.4 cm³/mol. The number of hydrogen-bond donors (Lipinski definition) is 2. The van der Waals surface area contributed by atoms with Crippen molar-refractivity contribution in [2.24, 2.45) is 5.92 Å². The number of ether oxygens (including phenoxy) is 1.